The van der Waals surface area contributed by atoms with Gasteiger partial charge in [-0.3, -0.25) is 4.79 Å². The highest BCUT2D eigenvalue weighted by atomic mass is 32.2. The molecule has 0 aliphatic heterocycles. The third-order valence-corrected chi connectivity index (χ3v) is 6.49. The summed E-state index contributed by atoms with van der Waals surface area (Å²) in [7, 11) is 0. The van der Waals surface area contributed by atoms with Gasteiger partial charge in [-0.05, 0) is 45.8 Å². The molecule has 0 aliphatic rings. The molecule has 0 saturated carbocycles. The molecule has 1 N–H and O–H groups in total. The zero-order chi connectivity index (χ0) is 23.9. The lowest BCUT2D eigenvalue weighted by Gasteiger charge is -2.11. The summed E-state index contributed by atoms with van der Waals surface area (Å²) in [5.41, 5.74) is 3.75. The summed E-state index contributed by atoms with van der Waals surface area (Å²) < 4.78 is 3.73. The maximum atomic E-state index is 13.0. The van der Waals surface area contributed by atoms with Crippen molar-refractivity contribution < 1.29 is 4.79 Å². The first kappa shape index (κ1) is 22.5. The molecule has 5 aromatic rings. The quantitative estimate of drug-likeness (QED) is 0.319. The molecule has 5 rings (SSSR count). The van der Waals surface area contributed by atoms with Gasteiger partial charge in [-0.25, -0.2) is 4.98 Å². The van der Waals surface area contributed by atoms with Crippen LogP contribution in [0.4, 0.5) is 0 Å². The highest BCUT2D eigenvalue weighted by molar-refractivity contribution is 7.98. The average molecular weight is 482 g/mol. The lowest BCUT2D eigenvalue weighted by molar-refractivity contribution is 0.0948. The highest BCUT2D eigenvalue weighted by Crippen LogP contribution is 2.26. The average Bonchev–Trinajstić information content (AvgIpc) is 3.60. The van der Waals surface area contributed by atoms with Crippen molar-refractivity contribution in [3.8, 4) is 5.69 Å². The van der Waals surface area contributed by atoms with Crippen LogP contribution in [0, 0.1) is 0 Å². The standard InChI is InChI=1S/C26H23N7OS/c34-26(28-16-20-10-12-21(13-11-20)17-32-15-14-27-19-32)23-8-4-5-9-24(23)35-18-25-29-30-31-33(25)22-6-2-1-3-7-22/h1-15,19H,16-18H2,(H,28,34). The van der Waals surface area contributed by atoms with Gasteiger partial charge in [-0.15, -0.1) is 16.9 Å². The van der Waals surface area contributed by atoms with E-state index in [1.54, 1.807) is 17.2 Å². The number of thioether (sulfide) groups is 1. The topological polar surface area (TPSA) is 90.5 Å². The SMILES string of the molecule is O=C(NCc1ccc(Cn2ccnc2)cc1)c1ccccc1SCc1nnnn1-c1ccccc1. The Morgan fingerprint density at radius 3 is 2.49 bits per heavy atom. The summed E-state index contributed by atoms with van der Waals surface area (Å²) >= 11 is 1.54. The maximum absolute atomic E-state index is 13.0. The van der Waals surface area contributed by atoms with Crippen LogP contribution in [0.3, 0.4) is 0 Å². The minimum absolute atomic E-state index is 0.113. The van der Waals surface area contributed by atoms with Crippen LogP contribution in [0.1, 0.15) is 27.3 Å². The summed E-state index contributed by atoms with van der Waals surface area (Å²) in [6.07, 6.45) is 5.50. The lowest BCUT2D eigenvalue weighted by atomic mass is 10.1. The minimum Gasteiger partial charge on any atom is -0.348 e. The Labute approximate surface area is 207 Å². The van der Waals surface area contributed by atoms with E-state index in [2.05, 4.69) is 38.0 Å². The number of aromatic nitrogens is 6. The van der Waals surface area contributed by atoms with Gasteiger partial charge in [0.05, 0.1) is 23.3 Å². The first-order valence-electron chi connectivity index (χ1n) is 11.1. The van der Waals surface area contributed by atoms with Crippen LogP contribution in [0.2, 0.25) is 0 Å². The van der Waals surface area contributed by atoms with Crippen LogP contribution in [0.15, 0.2) is 102 Å². The number of para-hydroxylation sites is 1. The van der Waals surface area contributed by atoms with E-state index in [4.69, 9.17) is 0 Å². The molecule has 0 fully saturated rings. The number of imidazole rings is 1. The fourth-order valence-corrected chi connectivity index (χ4v) is 4.57. The van der Waals surface area contributed by atoms with Gasteiger partial charge < -0.3 is 9.88 Å². The molecule has 1 amide bonds. The van der Waals surface area contributed by atoms with Crippen molar-refractivity contribution in [1.82, 2.24) is 35.1 Å². The molecule has 0 atom stereocenters. The van der Waals surface area contributed by atoms with Crippen molar-refractivity contribution in [2.24, 2.45) is 0 Å². The first-order chi connectivity index (χ1) is 17.3. The van der Waals surface area contributed by atoms with Gasteiger partial charge in [-0.1, -0.05) is 54.6 Å². The Kier molecular flexibility index (Phi) is 6.95. The van der Waals surface area contributed by atoms with Crippen LogP contribution in [0.25, 0.3) is 5.69 Å². The Bertz CT molecular complexity index is 1380. The van der Waals surface area contributed by atoms with Gasteiger partial charge in [0, 0.05) is 30.4 Å². The van der Waals surface area contributed by atoms with E-state index >= 15 is 0 Å². The second-order valence-electron chi connectivity index (χ2n) is 7.86. The van der Waals surface area contributed by atoms with Gasteiger partial charge >= 0.3 is 0 Å². The van der Waals surface area contributed by atoms with E-state index in [0.29, 0.717) is 23.7 Å². The van der Waals surface area contributed by atoms with Gasteiger partial charge in [0.15, 0.2) is 5.82 Å². The van der Waals surface area contributed by atoms with E-state index < -0.39 is 0 Å². The summed E-state index contributed by atoms with van der Waals surface area (Å²) in [5, 5.41) is 15.1. The number of carbonyl (C=O) groups excluding carboxylic acids is 1. The smallest absolute Gasteiger partial charge is 0.252 e. The Balaban J connectivity index is 1.21. The minimum atomic E-state index is -0.113. The van der Waals surface area contributed by atoms with E-state index in [1.807, 2.05) is 77.5 Å². The van der Waals surface area contributed by atoms with E-state index in [-0.39, 0.29) is 5.91 Å². The van der Waals surface area contributed by atoms with Crippen LogP contribution in [-0.4, -0.2) is 35.7 Å². The van der Waals surface area contributed by atoms with E-state index in [9.17, 15) is 4.79 Å². The normalized spacial score (nSPS) is 10.9. The lowest BCUT2D eigenvalue weighted by Crippen LogP contribution is -2.23. The van der Waals surface area contributed by atoms with Gasteiger partial charge in [-0.2, -0.15) is 4.68 Å². The monoisotopic (exact) mass is 481 g/mol. The second-order valence-corrected chi connectivity index (χ2v) is 8.88. The molecule has 0 bridgehead atoms. The van der Waals surface area contributed by atoms with Crippen molar-refractivity contribution in [2.75, 3.05) is 0 Å². The van der Waals surface area contributed by atoms with Crippen LogP contribution < -0.4 is 5.32 Å². The summed E-state index contributed by atoms with van der Waals surface area (Å²) in [6.45, 7) is 1.22. The molecule has 35 heavy (non-hydrogen) atoms. The fraction of sp³-hybridized carbons (Fsp3) is 0.115. The van der Waals surface area contributed by atoms with Gasteiger partial charge in [0.1, 0.15) is 0 Å². The molecule has 9 heteroatoms. The van der Waals surface area contributed by atoms with Crippen molar-refractivity contribution in [3.63, 3.8) is 0 Å². The Morgan fingerprint density at radius 2 is 1.69 bits per heavy atom. The molecule has 174 valence electrons. The number of benzene rings is 3. The number of rotatable bonds is 9. The molecule has 2 heterocycles. The zero-order valence-electron chi connectivity index (χ0n) is 18.9. The molecular formula is C26H23N7OS. The van der Waals surface area contributed by atoms with Crippen LogP contribution >= 0.6 is 11.8 Å². The molecule has 0 spiro atoms. The van der Waals surface area contributed by atoms with Crippen molar-refractivity contribution in [3.05, 3.63) is 120 Å². The van der Waals surface area contributed by atoms with Crippen LogP contribution in [-0.2, 0) is 18.8 Å². The number of carbonyl (C=O) groups is 1. The Hall–Kier alpha value is -4.24. The van der Waals surface area contributed by atoms with Crippen molar-refractivity contribution in [2.45, 2.75) is 23.7 Å². The summed E-state index contributed by atoms with van der Waals surface area (Å²) in [5.74, 6) is 1.13. The zero-order valence-corrected chi connectivity index (χ0v) is 19.7. The predicted octanol–water partition coefficient (Wildman–Crippen LogP) is 4.13. The summed E-state index contributed by atoms with van der Waals surface area (Å²) in [6, 6.07) is 25.6. The number of tetrazole rings is 1. The molecule has 0 saturated heterocycles. The van der Waals surface area contributed by atoms with Crippen molar-refractivity contribution >= 4 is 17.7 Å². The molecule has 0 aliphatic carbocycles. The summed E-state index contributed by atoms with van der Waals surface area (Å²) in [4.78, 5) is 17.9. The number of hydrogen-bond donors (Lipinski definition) is 1. The van der Waals surface area contributed by atoms with E-state index in [1.165, 1.54) is 17.3 Å². The number of nitrogens with zero attached hydrogens (tertiary/aromatic N) is 6. The van der Waals surface area contributed by atoms with Crippen LogP contribution in [0.5, 0.6) is 0 Å². The number of amides is 1. The van der Waals surface area contributed by atoms with E-state index in [0.717, 1.165) is 22.7 Å². The molecule has 0 radical (unpaired) electrons. The number of hydrogen-bond acceptors (Lipinski definition) is 6. The first-order valence-corrected chi connectivity index (χ1v) is 12.1. The third-order valence-electron chi connectivity index (χ3n) is 5.42. The molecule has 2 aromatic heterocycles. The largest absolute Gasteiger partial charge is 0.348 e. The predicted molar refractivity (Wildman–Crippen MR) is 134 cm³/mol. The molecule has 8 nitrogen and oxygen atoms in total. The molecule has 3 aromatic carbocycles. The van der Waals surface area contributed by atoms with Gasteiger partial charge in [0.25, 0.3) is 5.91 Å². The fourth-order valence-electron chi connectivity index (χ4n) is 3.62. The second kappa shape index (κ2) is 10.8. The maximum Gasteiger partial charge on any atom is 0.252 e. The van der Waals surface area contributed by atoms with Gasteiger partial charge in [0.2, 0.25) is 0 Å². The Morgan fingerprint density at radius 1 is 0.914 bits per heavy atom. The molecular weight excluding hydrogens is 458 g/mol. The number of nitrogens with one attached hydrogen (secondary N) is 1. The van der Waals surface area contributed by atoms with Crippen molar-refractivity contribution in [1.29, 1.82) is 0 Å². The third kappa shape index (κ3) is 5.64. The highest BCUT2D eigenvalue weighted by Gasteiger charge is 2.14. The molecule has 0 unspecified atom stereocenters.